The van der Waals surface area contributed by atoms with Crippen molar-refractivity contribution in [3.63, 3.8) is 0 Å². The fraction of sp³-hybridized carbons (Fsp3) is 0.526. The first-order valence-electron chi connectivity index (χ1n) is 9.26. The maximum Gasteiger partial charge on any atom is 0.226 e. The topological polar surface area (TPSA) is 84.6 Å². The molecule has 0 bridgehead atoms. The van der Waals surface area contributed by atoms with Crippen LogP contribution in [0.1, 0.15) is 39.0 Å². The summed E-state index contributed by atoms with van der Waals surface area (Å²) in [6.45, 7) is 6.70. The minimum atomic E-state index is 0.619. The number of guanidine groups is 1. The number of hydrogen-bond donors (Lipinski definition) is 2. The molecule has 0 aliphatic rings. The first kappa shape index (κ1) is 19.8. The van der Waals surface area contributed by atoms with Crippen molar-refractivity contribution in [1.82, 2.24) is 20.8 Å². The lowest BCUT2D eigenvalue weighted by Gasteiger charge is -2.08. The molecule has 0 atom stereocenters. The van der Waals surface area contributed by atoms with E-state index in [-0.39, 0.29) is 0 Å². The van der Waals surface area contributed by atoms with Gasteiger partial charge in [-0.25, -0.2) is 0 Å². The number of aromatic nitrogens is 2. The van der Waals surface area contributed by atoms with Crippen molar-refractivity contribution in [1.29, 1.82) is 0 Å². The molecule has 7 nitrogen and oxygen atoms in total. The molecular formula is C19H29N5O2. The number of hydrogen-bond acceptors (Lipinski definition) is 5. The largest absolute Gasteiger partial charge is 0.497 e. The van der Waals surface area contributed by atoms with Crippen LogP contribution in [0.3, 0.4) is 0 Å². The average Bonchev–Trinajstić information content (AvgIpc) is 3.14. The van der Waals surface area contributed by atoms with Gasteiger partial charge in [0.25, 0.3) is 0 Å². The third-order valence-electron chi connectivity index (χ3n) is 3.82. The first-order chi connectivity index (χ1) is 12.8. The van der Waals surface area contributed by atoms with Gasteiger partial charge in [-0.15, -0.1) is 0 Å². The lowest BCUT2D eigenvalue weighted by molar-refractivity contribution is 0.374. The van der Waals surface area contributed by atoms with Gasteiger partial charge in [0.05, 0.1) is 7.11 Å². The van der Waals surface area contributed by atoms with Crippen LogP contribution in [0.15, 0.2) is 33.8 Å². The minimum absolute atomic E-state index is 0.619. The Morgan fingerprint density at radius 1 is 1.08 bits per heavy atom. The van der Waals surface area contributed by atoms with Crippen molar-refractivity contribution in [3.05, 3.63) is 30.2 Å². The second kappa shape index (κ2) is 11.1. The molecule has 0 radical (unpaired) electrons. The molecule has 0 spiro atoms. The molecule has 7 heteroatoms. The van der Waals surface area contributed by atoms with E-state index in [0.717, 1.165) is 62.6 Å². The predicted molar refractivity (Wildman–Crippen MR) is 103 cm³/mol. The molecule has 1 heterocycles. The van der Waals surface area contributed by atoms with Crippen LogP contribution in [-0.4, -0.2) is 42.8 Å². The van der Waals surface area contributed by atoms with Gasteiger partial charge in [0.2, 0.25) is 11.7 Å². The molecule has 0 fully saturated rings. The van der Waals surface area contributed by atoms with E-state index in [1.165, 1.54) is 0 Å². The van der Waals surface area contributed by atoms with Crippen molar-refractivity contribution in [2.24, 2.45) is 4.99 Å². The lowest BCUT2D eigenvalue weighted by Crippen LogP contribution is -2.37. The predicted octanol–water partition coefficient (Wildman–Crippen LogP) is 3.03. The Bertz CT molecular complexity index is 659. The average molecular weight is 359 g/mol. The lowest BCUT2D eigenvalue weighted by atomic mass is 10.2. The van der Waals surface area contributed by atoms with Crippen LogP contribution >= 0.6 is 0 Å². The molecule has 2 rings (SSSR count). The second-order valence-corrected chi connectivity index (χ2v) is 5.84. The molecule has 142 valence electrons. The summed E-state index contributed by atoms with van der Waals surface area (Å²) in [6, 6.07) is 7.64. The van der Waals surface area contributed by atoms with Crippen molar-refractivity contribution in [2.45, 2.75) is 39.5 Å². The van der Waals surface area contributed by atoms with Crippen LogP contribution in [0.2, 0.25) is 0 Å². The third-order valence-corrected chi connectivity index (χ3v) is 3.82. The Balaban J connectivity index is 1.71. The van der Waals surface area contributed by atoms with Gasteiger partial charge in [-0.2, -0.15) is 4.98 Å². The molecule has 0 amide bonds. The van der Waals surface area contributed by atoms with Gasteiger partial charge in [0, 0.05) is 31.6 Å². The maximum absolute atomic E-state index is 5.34. The van der Waals surface area contributed by atoms with Crippen molar-refractivity contribution >= 4 is 5.96 Å². The fourth-order valence-corrected chi connectivity index (χ4v) is 2.48. The number of aryl methyl sites for hydroxylation is 1. The Labute approximate surface area is 155 Å². The monoisotopic (exact) mass is 359 g/mol. The van der Waals surface area contributed by atoms with Crippen LogP contribution in [0.25, 0.3) is 11.4 Å². The molecule has 26 heavy (non-hydrogen) atoms. The molecule has 0 aliphatic heterocycles. The number of unbranched alkanes of at least 4 members (excludes halogenated alkanes) is 2. The van der Waals surface area contributed by atoms with Gasteiger partial charge in [-0.3, -0.25) is 4.99 Å². The molecule has 0 aliphatic carbocycles. The van der Waals surface area contributed by atoms with Crippen LogP contribution in [-0.2, 0) is 6.42 Å². The number of rotatable bonds is 10. The SMILES string of the molecule is CCNC(=NCCCCCc1nc(-c2ccc(OC)cc2)no1)NCC. The minimum Gasteiger partial charge on any atom is -0.497 e. The number of benzene rings is 1. The van der Waals surface area contributed by atoms with Crippen LogP contribution in [0, 0.1) is 0 Å². The van der Waals surface area contributed by atoms with E-state index < -0.39 is 0 Å². The number of methoxy groups -OCH3 is 1. The van der Waals surface area contributed by atoms with Crippen molar-refractivity contribution in [2.75, 3.05) is 26.7 Å². The van der Waals surface area contributed by atoms with Gasteiger partial charge in [-0.05, 0) is 51.0 Å². The molecule has 0 saturated carbocycles. The number of aliphatic imine (C=N–C) groups is 1. The first-order valence-corrected chi connectivity index (χ1v) is 9.26. The summed E-state index contributed by atoms with van der Waals surface area (Å²) >= 11 is 0. The third kappa shape index (κ3) is 6.38. The Hall–Kier alpha value is -2.57. The highest BCUT2D eigenvalue weighted by Gasteiger charge is 2.08. The number of nitrogens with zero attached hydrogens (tertiary/aromatic N) is 3. The van der Waals surface area contributed by atoms with Crippen LogP contribution < -0.4 is 15.4 Å². The van der Waals surface area contributed by atoms with E-state index in [4.69, 9.17) is 9.26 Å². The standard InChI is InChI=1S/C19H29N5O2/c1-4-20-19(21-5-2)22-14-8-6-7-9-17-23-18(24-26-17)15-10-12-16(25-3)13-11-15/h10-13H,4-9,14H2,1-3H3,(H2,20,21,22). The molecule has 0 unspecified atom stereocenters. The van der Waals surface area contributed by atoms with E-state index in [0.29, 0.717) is 11.7 Å². The van der Waals surface area contributed by atoms with Gasteiger partial charge in [-0.1, -0.05) is 11.6 Å². The fourth-order valence-electron chi connectivity index (χ4n) is 2.48. The van der Waals surface area contributed by atoms with E-state index >= 15 is 0 Å². The summed E-state index contributed by atoms with van der Waals surface area (Å²) in [5.74, 6) is 3.00. The molecule has 2 N–H and O–H groups in total. The summed E-state index contributed by atoms with van der Waals surface area (Å²) in [7, 11) is 1.65. The number of nitrogens with one attached hydrogen (secondary N) is 2. The zero-order valence-corrected chi connectivity index (χ0v) is 15.9. The summed E-state index contributed by atoms with van der Waals surface area (Å²) in [5, 5.41) is 10.5. The zero-order chi connectivity index (χ0) is 18.6. The molecule has 0 saturated heterocycles. The van der Waals surface area contributed by atoms with Crippen LogP contribution in [0.4, 0.5) is 0 Å². The molecule has 1 aromatic heterocycles. The smallest absolute Gasteiger partial charge is 0.226 e. The van der Waals surface area contributed by atoms with E-state index in [1.807, 2.05) is 24.3 Å². The van der Waals surface area contributed by atoms with E-state index in [1.54, 1.807) is 7.11 Å². The Morgan fingerprint density at radius 3 is 2.46 bits per heavy atom. The van der Waals surface area contributed by atoms with Gasteiger partial charge in [0.15, 0.2) is 5.96 Å². The second-order valence-electron chi connectivity index (χ2n) is 5.84. The quantitative estimate of drug-likeness (QED) is 0.385. The molecule has 2 aromatic rings. The molecule has 1 aromatic carbocycles. The number of ether oxygens (including phenoxy) is 1. The van der Waals surface area contributed by atoms with Crippen molar-refractivity contribution < 1.29 is 9.26 Å². The molecular weight excluding hydrogens is 330 g/mol. The summed E-state index contributed by atoms with van der Waals surface area (Å²) in [5.41, 5.74) is 0.925. The Morgan fingerprint density at radius 2 is 1.81 bits per heavy atom. The summed E-state index contributed by atoms with van der Waals surface area (Å²) in [4.78, 5) is 9.00. The summed E-state index contributed by atoms with van der Waals surface area (Å²) < 4.78 is 10.5. The van der Waals surface area contributed by atoms with Crippen LogP contribution in [0.5, 0.6) is 5.75 Å². The zero-order valence-electron chi connectivity index (χ0n) is 15.9. The Kier molecular flexibility index (Phi) is 8.45. The highest BCUT2D eigenvalue weighted by atomic mass is 16.5. The van der Waals surface area contributed by atoms with Gasteiger partial charge in [0.1, 0.15) is 5.75 Å². The highest BCUT2D eigenvalue weighted by molar-refractivity contribution is 5.79. The van der Waals surface area contributed by atoms with Gasteiger partial charge >= 0.3 is 0 Å². The van der Waals surface area contributed by atoms with Crippen molar-refractivity contribution in [3.8, 4) is 17.1 Å². The van der Waals surface area contributed by atoms with E-state index in [2.05, 4.69) is 39.6 Å². The summed E-state index contributed by atoms with van der Waals surface area (Å²) in [6.07, 6.45) is 3.92. The van der Waals surface area contributed by atoms with E-state index in [9.17, 15) is 0 Å². The highest BCUT2D eigenvalue weighted by Crippen LogP contribution is 2.20. The maximum atomic E-state index is 5.34. The van der Waals surface area contributed by atoms with Gasteiger partial charge < -0.3 is 19.9 Å². The normalized spacial score (nSPS) is 10.4.